The van der Waals surface area contributed by atoms with Gasteiger partial charge in [-0.2, -0.15) is 0 Å². The van der Waals surface area contributed by atoms with Gasteiger partial charge in [-0.05, 0) is 24.5 Å². The van der Waals surface area contributed by atoms with Crippen molar-refractivity contribution in [2.45, 2.75) is 12.8 Å². The summed E-state index contributed by atoms with van der Waals surface area (Å²) >= 11 is 0. The maximum absolute atomic E-state index is 8.38. The van der Waals surface area contributed by atoms with Gasteiger partial charge in [0.25, 0.3) is 0 Å². The van der Waals surface area contributed by atoms with Gasteiger partial charge in [-0.25, -0.2) is 0 Å². The lowest BCUT2D eigenvalue weighted by Crippen LogP contribution is -2.35. The van der Waals surface area contributed by atoms with E-state index in [-0.39, 0.29) is 0 Å². The van der Waals surface area contributed by atoms with E-state index in [1.165, 1.54) is 11.3 Å². The Morgan fingerprint density at radius 3 is 2.50 bits per heavy atom. The van der Waals surface area contributed by atoms with Crippen LogP contribution in [0.2, 0.25) is 0 Å². The zero-order valence-corrected chi connectivity index (χ0v) is 10.3. The second kappa shape index (κ2) is 4.65. The molecule has 1 N–H and O–H groups in total. The number of hydrogen-bond acceptors (Lipinski definition) is 1. The molecule has 2 aromatic carbocycles. The summed E-state index contributed by atoms with van der Waals surface area (Å²) in [5, 5.41) is 8.38. The number of amidine groups is 1. The molecular weight excluding hydrogens is 220 g/mol. The number of nitrogens with one attached hydrogen (secondary N) is 1. The number of hydrogen-bond donors (Lipinski definition) is 1. The molecule has 0 aromatic heterocycles. The Hall–Kier alpha value is -2.09. The van der Waals surface area contributed by atoms with E-state index in [0.29, 0.717) is 5.84 Å². The van der Waals surface area contributed by atoms with E-state index in [9.17, 15) is 0 Å². The number of aryl methyl sites for hydroxylation is 1. The molecule has 2 nitrogen and oxygen atoms in total. The number of nitrogens with zero attached hydrogens (tertiary/aromatic N) is 1. The Morgan fingerprint density at radius 2 is 1.67 bits per heavy atom. The van der Waals surface area contributed by atoms with Crippen molar-refractivity contribution in [3.63, 3.8) is 0 Å². The standard InChI is InChI=1S/C16H16N2/c17-16(14-8-2-1-3-9-14)18-12-6-10-13-7-4-5-11-15(13)18/h1-5,7-9,11,17H,6,10,12H2. The summed E-state index contributed by atoms with van der Waals surface area (Å²) in [7, 11) is 0. The van der Waals surface area contributed by atoms with E-state index in [4.69, 9.17) is 5.41 Å². The molecule has 0 aliphatic carbocycles. The van der Waals surface area contributed by atoms with Gasteiger partial charge in [0.2, 0.25) is 0 Å². The average Bonchev–Trinajstić information content (AvgIpc) is 2.47. The number of rotatable bonds is 1. The van der Waals surface area contributed by atoms with Crippen LogP contribution in [0.15, 0.2) is 54.6 Å². The van der Waals surface area contributed by atoms with Crippen LogP contribution in [0, 0.1) is 5.41 Å². The van der Waals surface area contributed by atoms with Gasteiger partial charge in [0, 0.05) is 17.8 Å². The monoisotopic (exact) mass is 236 g/mol. The predicted molar refractivity (Wildman–Crippen MR) is 75.4 cm³/mol. The molecule has 0 bridgehead atoms. The van der Waals surface area contributed by atoms with E-state index >= 15 is 0 Å². The molecule has 2 heteroatoms. The van der Waals surface area contributed by atoms with Gasteiger partial charge in [0.1, 0.15) is 5.84 Å². The van der Waals surface area contributed by atoms with Crippen LogP contribution >= 0.6 is 0 Å². The average molecular weight is 236 g/mol. The van der Waals surface area contributed by atoms with Gasteiger partial charge in [0.05, 0.1) is 0 Å². The Labute approximate surface area is 107 Å². The minimum absolute atomic E-state index is 0.600. The second-order valence-electron chi connectivity index (χ2n) is 4.60. The fraction of sp³-hybridized carbons (Fsp3) is 0.188. The summed E-state index contributed by atoms with van der Waals surface area (Å²) in [4.78, 5) is 2.12. The molecule has 0 saturated heterocycles. The summed E-state index contributed by atoms with van der Waals surface area (Å²) in [5.41, 5.74) is 3.52. The fourth-order valence-corrected chi connectivity index (χ4v) is 2.52. The van der Waals surface area contributed by atoms with Crippen LogP contribution in [0.4, 0.5) is 5.69 Å². The SMILES string of the molecule is N=C(c1ccccc1)N1CCCc2ccccc21. The molecule has 1 heterocycles. The van der Waals surface area contributed by atoms with Gasteiger partial charge in [-0.3, -0.25) is 5.41 Å². The van der Waals surface area contributed by atoms with E-state index in [0.717, 1.165) is 24.9 Å². The number of benzene rings is 2. The van der Waals surface area contributed by atoms with Crippen molar-refractivity contribution < 1.29 is 0 Å². The topological polar surface area (TPSA) is 27.1 Å². The largest absolute Gasteiger partial charge is 0.326 e. The first kappa shape index (κ1) is 11.0. The smallest absolute Gasteiger partial charge is 0.132 e. The first-order valence-electron chi connectivity index (χ1n) is 6.36. The summed E-state index contributed by atoms with van der Waals surface area (Å²) in [5.74, 6) is 0.600. The van der Waals surface area contributed by atoms with Crippen LogP contribution in [-0.4, -0.2) is 12.4 Å². The van der Waals surface area contributed by atoms with Crippen molar-refractivity contribution in [1.82, 2.24) is 0 Å². The highest BCUT2D eigenvalue weighted by molar-refractivity contribution is 6.08. The van der Waals surface area contributed by atoms with Crippen molar-refractivity contribution in [1.29, 1.82) is 5.41 Å². The highest BCUT2D eigenvalue weighted by Gasteiger charge is 2.20. The molecule has 2 aromatic rings. The lowest BCUT2D eigenvalue weighted by molar-refractivity contribution is 0.776. The minimum atomic E-state index is 0.600. The molecule has 90 valence electrons. The lowest BCUT2D eigenvalue weighted by atomic mass is 10.0. The summed E-state index contributed by atoms with van der Waals surface area (Å²) in [6.45, 7) is 0.935. The first-order chi connectivity index (χ1) is 8.86. The summed E-state index contributed by atoms with van der Waals surface area (Å²) < 4.78 is 0. The molecule has 0 fully saturated rings. The Kier molecular flexibility index (Phi) is 2.85. The normalized spacial score (nSPS) is 14.1. The van der Waals surface area contributed by atoms with Crippen LogP contribution in [0.1, 0.15) is 17.5 Å². The molecule has 0 spiro atoms. The first-order valence-corrected chi connectivity index (χ1v) is 6.36. The maximum atomic E-state index is 8.38. The quantitative estimate of drug-likeness (QED) is 0.595. The summed E-state index contributed by atoms with van der Waals surface area (Å²) in [6, 6.07) is 18.4. The predicted octanol–water partition coefficient (Wildman–Crippen LogP) is 3.46. The zero-order chi connectivity index (χ0) is 12.4. The van der Waals surface area contributed by atoms with E-state index in [1.807, 2.05) is 30.3 Å². The highest BCUT2D eigenvalue weighted by atomic mass is 15.2. The lowest BCUT2D eigenvalue weighted by Gasteiger charge is -2.31. The Bertz CT molecular complexity index is 560. The molecule has 3 rings (SSSR count). The van der Waals surface area contributed by atoms with Crippen LogP contribution in [0.3, 0.4) is 0 Å². The van der Waals surface area contributed by atoms with Gasteiger partial charge < -0.3 is 4.90 Å². The summed E-state index contributed by atoms with van der Waals surface area (Å²) in [6.07, 6.45) is 2.24. The van der Waals surface area contributed by atoms with Crippen molar-refractivity contribution in [2.75, 3.05) is 11.4 Å². The second-order valence-corrected chi connectivity index (χ2v) is 4.60. The Morgan fingerprint density at radius 1 is 0.944 bits per heavy atom. The van der Waals surface area contributed by atoms with Gasteiger partial charge in [-0.1, -0.05) is 48.5 Å². The van der Waals surface area contributed by atoms with Crippen molar-refractivity contribution in [3.8, 4) is 0 Å². The molecular formula is C16H16N2. The fourth-order valence-electron chi connectivity index (χ4n) is 2.52. The molecule has 0 saturated carbocycles. The van der Waals surface area contributed by atoms with E-state index < -0.39 is 0 Å². The zero-order valence-electron chi connectivity index (χ0n) is 10.3. The van der Waals surface area contributed by atoms with E-state index in [1.54, 1.807) is 0 Å². The maximum Gasteiger partial charge on any atom is 0.132 e. The van der Waals surface area contributed by atoms with Gasteiger partial charge >= 0.3 is 0 Å². The number of fused-ring (bicyclic) bond motifs is 1. The van der Waals surface area contributed by atoms with Gasteiger partial charge in [-0.15, -0.1) is 0 Å². The number of para-hydroxylation sites is 1. The molecule has 1 aliphatic rings. The molecule has 0 unspecified atom stereocenters. The molecule has 0 atom stereocenters. The number of anilines is 1. The van der Waals surface area contributed by atoms with Crippen LogP contribution < -0.4 is 4.90 Å². The molecule has 0 radical (unpaired) electrons. The van der Waals surface area contributed by atoms with E-state index in [2.05, 4.69) is 29.2 Å². The van der Waals surface area contributed by atoms with Crippen LogP contribution in [0.5, 0.6) is 0 Å². The third-order valence-corrected chi connectivity index (χ3v) is 3.43. The van der Waals surface area contributed by atoms with Gasteiger partial charge in [0.15, 0.2) is 0 Å². The van der Waals surface area contributed by atoms with Crippen molar-refractivity contribution >= 4 is 11.5 Å². The molecule has 1 aliphatic heterocycles. The van der Waals surface area contributed by atoms with Crippen LogP contribution in [-0.2, 0) is 6.42 Å². The van der Waals surface area contributed by atoms with Crippen LogP contribution in [0.25, 0.3) is 0 Å². The highest BCUT2D eigenvalue weighted by Crippen LogP contribution is 2.27. The Balaban J connectivity index is 1.97. The third kappa shape index (κ3) is 1.90. The minimum Gasteiger partial charge on any atom is -0.326 e. The molecule has 0 amide bonds. The third-order valence-electron chi connectivity index (χ3n) is 3.43. The van der Waals surface area contributed by atoms with Crippen molar-refractivity contribution in [2.24, 2.45) is 0 Å². The van der Waals surface area contributed by atoms with Crippen molar-refractivity contribution in [3.05, 3.63) is 65.7 Å². The molecule has 18 heavy (non-hydrogen) atoms.